The second-order valence-corrected chi connectivity index (χ2v) is 6.62. The Balaban J connectivity index is 2.38. The highest BCUT2D eigenvalue weighted by Gasteiger charge is 2.16. The van der Waals surface area contributed by atoms with Gasteiger partial charge < -0.3 is 5.11 Å². The molecule has 0 atom stereocenters. The summed E-state index contributed by atoms with van der Waals surface area (Å²) in [6.07, 6.45) is 0. The molecule has 0 aliphatic heterocycles. The largest absolute Gasteiger partial charge is 0.392 e. The topological polar surface area (TPSA) is 66.4 Å². The summed E-state index contributed by atoms with van der Waals surface area (Å²) < 4.78 is 40.1. The van der Waals surface area contributed by atoms with Crippen LogP contribution in [0.2, 0.25) is 5.02 Å². The van der Waals surface area contributed by atoms with Gasteiger partial charge in [0.2, 0.25) is 0 Å². The average Bonchev–Trinajstić information content (AvgIpc) is 2.37. The Morgan fingerprint density at radius 2 is 1.95 bits per heavy atom. The number of anilines is 1. The van der Waals surface area contributed by atoms with Crippen molar-refractivity contribution in [3.8, 4) is 0 Å². The van der Waals surface area contributed by atoms with Crippen molar-refractivity contribution in [2.24, 2.45) is 0 Å². The summed E-state index contributed by atoms with van der Waals surface area (Å²) in [7, 11) is -3.88. The second-order valence-electron chi connectivity index (χ2n) is 4.53. The molecule has 0 bridgehead atoms. The van der Waals surface area contributed by atoms with Gasteiger partial charge in [0.05, 0.1) is 17.2 Å². The predicted octanol–water partition coefficient (Wildman–Crippen LogP) is 3.08. The maximum absolute atomic E-state index is 13.3. The average molecular weight is 330 g/mol. The fourth-order valence-corrected chi connectivity index (χ4v) is 3.12. The molecule has 112 valence electrons. The van der Waals surface area contributed by atoms with Gasteiger partial charge in [-0.25, -0.2) is 12.8 Å². The zero-order valence-electron chi connectivity index (χ0n) is 11.1. The van der Waals surface area contributed by atoms with Crippen molar-refractivity contribution < 1.29 is 17.9 Å². The standard InChI is InChI=1S/C14H13ClFNO3S/c1-9-4-11(16)7-12(5-9)17-21(19,20)13-2-3-14(15)10(6-13)8-18/h2-7,17-18H,8H2,1H3. The maximum atomic E-state index is 13.3. The number of aliphatic hydroxyl groups is 1. The van der Waals surface area contributed by atoms with Crippen LogP contribution in [0.5, 0.6) is 0 Å². The van der Waals surface area contributed by atoms with Crippen LogP contribution in [0.3, 0.4) is 0 Å². The van der Waals surface area contributed by atoms with Crippen molar-refractivity contribution in [1.29, 1.82) is 0 Å². The maximum Gasteiger partial charge on any atom is 0.261 e. The molecule has 2 aromatic rings. The van der Waals surface area contributed by atoms with E-state index >= 15 is 0 Å². The Bertz CT molecular complexity index is 758. The van der Waals surface area contributed by atoms with Crippen molar-refractivity contribution >= 4 is 27.3 Å². The summed E-state index contributed by atoms with van der Waals surface area (Å²) in [5.41, 5.74) is 1.03. The number of hydrogen-bond donors (Lipinski definition) is 2. The molecule has 0 aromatic heterocycles. The zero-order valence-corrected chi connectivity index (χ0v) is 12.7. The molecule has 0 radical (unpaired) electrons. The molecule has 2 rings (SSSR count). The van der Waals surface area contributed by atoms with Crippen molar-refractivity contribution in [2.45, 2.75) is 18.4 Å². The third-order valence-electron chi connectivity index (χ3n) is 2.79. The SMILES string of the molecule is Cc1cc(F)cc(NS(=O)(=O)c2ccc(Cl)c(CO)c2)c1. The molecule has 2 aromatic carbocycles. The lowest BCUT2D eigenvalue weighted by molar-refractivity contribution is 0.281. The van der Waals surface area contributed by atoms with E-state index in [9.17, 15) is 12.8 Å². The minimum absolute atomic E-state index is 0.0575. The van der Waals surface area contributed by atoms with E-state index in [1.165, 1.54) is 30.3 Å². The lowest BCUT2D eigenvalue weighted by atomic mass is 10.2. The molecular weight excluding hydrogens is 317 g/mol. The van der Waals surface area contributed by atoms with Gasteiger partial charge in [0, 0.05) is 5.02 Å². The summed E-state index contributed by atoms with van der Waals surface area (Å²) >= 11 is 5.82. The number of aliphatic hydroxyl groups excluding tert-OH is 1. The summed E-state index contributed by atoms with van der Waals surface area (Å²) in [4.78, 5) is -0.0575. The predicted molar refractivity (Wildman–Crippen MR) is 79.3 cm³/mol. The van der Waals surface area contributed by atoms with Gasteiger partial charge in [0.15, 0.2) is 0 Å². The molecule has 21 heavy (non-hydrogen) atoms. The van der Waals surface area contributed by atoms with Gasteiger partial charge in [0.25, 0.3) is 10.0 Å². The van der Waals surface area contributed by atoms with Crippen LogP contribution in [0.4, 0.5) is 10.1 Å². The number of sulfonamides is 1. The quantitative estimate of drug-likeness (QED) is 0.906. The minimum atomic E-state index is -3.88. The van der Waals surface area contributed by atoms with E-state index in [0.717, 1.165) is 6.07 Å². The van der Waals surface area contributed by atoms with Crippen LogP contribution >= 0.6 is 11.6 Å². The van der Waals surface area contributed by atoms with Gasteiger partial charge in [-0.15, -0.1) is 0 Å². The first-order chi connectivity index (χ1) is 9.81. The lowest BCUT2D eigenvalue weighted by Crippen LogP contribution is -2.13. The molecular formula is C14H13ClFNO3S. The Labute approximate surface area is 127 Å². The Morgan fingerprint density at radius 1 is 1.24 bits per heavy atom. The van der Waals surface area contributed by atoms with Crippen LogP contribution in [0.15, 0.2) is 41.3 Å². The third kappa shape index (κ3) is 3.72. The molecule has 0 spiro atoms. The van der Waals surface area contributed by atoms with Crippen LogP contribution in [0, 0.1) is 12.7 Å². The fraction of sp³-hybridized carbons (Fsp3) is 0.143. The highest BCUT2D eigenvalue weighted by atomic mass is 35.5. The zero-order chi connectivity index (χ0) is 15.6. The Morgan fingerprint density at radius 3 is 2.57 bits per heavy atom. The van der Waals surface area contributed by atoms with Gasteiger partial charge in [-0.2, -0.15) is 0 Å². The van der Waals surface area contributed by atoms with E-state index in [2.05, 4.69) is 4.72 Å². The molecule has 7 heteroatoms. The van der Waals surface area contributed by atoms with E-state index in [-0.39, 0.29) is 22.2 Å². The number of aryl methyl sites for hydroxylation is 1. The minimum Gasteiger partial charge on any atom is -0.392 e. The molecule has 0 fully saturated rings. The molecule has 0 saturated heterocycles. The van der Waals surface area contributed by atoms with Crippen LogP contribution in [0.1, 0.15) is 11.1 Å². The smallest absolute Gasteiger partial charge is 0.261 e. The number of hydrogen-bond acceptors (Lipinski definition) is 3. The number of benzene rings is 2. The van der Waals surface area contributed by atoms with E-state index in [1.54, 1.807) is 6.92 Å². The van der Waals surface area contributed by atoms with Crippen molar-refractivity contribution in [3.05, 3.63) is 58.4 Å². The molecule has 2 N–H and O–H groups in total. The Hall–Kier alpha value is -1.63. The molecule has 4 nitrogen and oxygen atoms in total. The summed E-state index contributed by atoms with van der Waals surface area (Å²) in [5.74, 6) is -0.528. The summed E-state index contributed by atoms with van der Waals surface area (Å²) in [5, 5.41) is 9.40. The van der Waals surface area contributed by atoms with Crippen LogP contribution < -0.4 is 4.72 Å². The highest BCUT2D eigenvalue weighted by molar-refractivity contribution is 7.92. The monoisotopic (exact) mass is 329 g/mol. The molecule has 0 unspecified atom stereocenters. The summed E-state index contributed by atoms with van der Waals surface area (Å²) in [6.45, 7) is 1.29. The van der Waals surface area contributed by atoms with Crippen LogP contribution in [-0.4, -0.2) is 13.5 Å². The van der Waals surface area contributed by atoms with Gasteiger partial charge in [-0.3, -0.25) is 4.72 Å². The van der Waals surface area contributed by atoms with Crippen LogP contribution in [0.25, 0.3) is 0 Å². The first kappa shape index (κ1) is 15.8. The Kier molecular flexibility index (Phi) is 4.51. The van der Waals surface area contributed by atoms with Crippen LogP contribution in [-0.2, 0) is 16.6 Å². The van der Waals surface area contributed by atoms with Crippen molar-refractivity contribution in [1.82, 2.24) is 0 Å². The number of halogens is 2. The number of nitrogens with one attached hydrogen (secondary N) is 1. The molecule has 0 amide bonds. The molecule has 0 heterocycles. The van der Waals surface area contributed by atoms with Gasteiger partial charge in [-0.1, -0.05) is 11.6 Å². The second kappa shape index (κ2) is 6.01. The first-order valence-electron chi connectivity index (χ1n) is 6.01. The van der Waals surface area contributed by atoms with Gasteiger partial charge in [-0.05, 0) is 54.4 Å². The first-order valence-corrected chi connectivity index (χ1v) is 7.87. The fourth-order valence-electron chi connectivity index (χ4n) is 1.85. The summed E-state index contributed by atoms with van der Waals surface area (Å²) in [6, 6.07) is 7.88. The van der Waals surface area contributed by atoms with Gasteiger partial charge in [0.1, 0.15) is 5.82 Å². The number of rotatable bonds is 4. The lowest BCUT2D eigenvalue weighted by Gasteiger charge is -2.10. The van der Waals surface area contributed by atoms with E-state index in [1.807, 2.05) is 0 Å². The molecule has 0 aliphatic rings. The van der Waals surface area contributed by atoms with Crippen molar-refractivity contribution in [3.63, 3.8) is 0 Å². The van der Waals surface area contributed by atoms with E-state index < -0.39 is 15.8 Å². The molecule has 0 saturated carbocycles. The molecule has 0 aliphatic carbocycles. The van der Waals surface area contributed by atoms with E-state index in [4.69, 9.17) is 16.7 Å². The third-order valence-corrected chi connectivity index (χ3v) is 4.54. The highest BCUT2D eigenvalue weighted by Crippen LogP contribution is 2.23. The van der Waals surface area contributed by atoms with E-state index in [0.29, 0.717) is 11.1 Å². The van der Waals surface area contributed by atoms with Gasteiger partial charge >= 0.3 is 0 Å². The van der Waals surface area contributed by atoms with Crippen molar-refractivity contribution in [2.75, 3.05) is 4.72 Å². The normalized spacial score (nSPS) is 11.4.